The number of amides is 4. The molecule has 1 aromatic carbocycles. The molecule has 35 heavy (non-hydrogen) atoms. The second kappa shape index (κ2) is 13.2. The number of likely N-dealkylation sites (N-methyl/N-ethyl adjacent to an activating group) is 1. The standard InChI is InChI=1S/C24H35N7O3S/c1-3-11-26-21(32)20(25)23-31(4-2)22(33)19(35-23)16-28-17-7-9-18(10-8-17)29-24(34)27-12-15-30-13-5-6-14-30/h1,7-10,19-20,23,28H,4-6,11-16,25H2,2H3,(H,26,32)(H2,27,29,34)/t19-,20-,23?/m1/s1. The van der Waals surface area contributed by atoms with E-state index in [1.807, 2.05) is 19.1 Å². The highest BCUT2D eigenvalue weighted by Gasteiger charge is 2.44. The number of benzene rings is 1. The fourth-order valence-electron chi connectivity index (χ4n) is 4.14. The van der Waals surface area contributed by atoms with E-state index >= 15 is 0 Å². The van der Waals surface area contributed by atoms with Crippen molar-refractivity contribution in [3.63, 3.8) is 0 Å². The van der Waals surface area contributed by atoms with E-state index in [0.29, 0.717) is 25.3 Å². The number of anilines is 2. The van der Waals surface area contributed by atoms with Gasteiger partial charge < -0.3 is 36.8 Å². The zero-order valence-corrected chi connectivity index (χ0v) is 20.9. The van der Waals surface area contributed by atoms with Gasteiger partial charge >= 0.3 is 6.03 Å². The fraction of sp³-hybridized carbons (Fsp3) is 0.542. The number of nitrogens with one attached hydrogen (secondary N) is 4. The van der Waals surface area contributed by atoms with Gasteiger partial charge in [-0.05, 0) is 57.1 Å². The number of nitrogens with two attached hydrogens (primary N) is 1. The lowest BCUT2D eigenvalue weighted by molar-refractivity contribution is -0.130. The van der Waals surface area contributed by atoms with E-state index in [2.05, 4.69) is 32.1 Å². The normalized spacial score (nSPS) is 20.8. The molecule has 0 spiro atoms. The number of hydrogen-bond acceptors (Lipinski definition) is 7. The molecular weight excluding hydrogens is 466 g/mol. The van der Waals surface area contributed by atoms with Gasteiger partial charge in [0.1, 0.15) is 16.7 Å². The minimum Gasteiger partial charge on any atom is -0.383 e. The van der Waals surface area contributed by atoms with Gasteiger partial charge in [-0.3, -0.25) is 9.59 Å². The predicted molar refractivity (Wildman–Crippen MR) is 140 cm³/mol. The number of rotatable bonds is 11. The van der Waals surface area contributed by atoms with Crippen LogP contribution >= 0.6 is 11.8 Å². The molecule has 6 N–H and O–H groups in total. The number of urea groups is 1. The molecule has 2 aliphatic heterocycles. The van der Waals surface area contributed by atoms with E-state index in [9.17, 15) is 14.4 Å². The summed E-state index contributed by atoms with van der Waals surface area (Å²) in [5.74, 6) is 1.92. The monoisotopic (exact) mass is 501 g/mol. The highest BCUT2D eigenvalue weighted by Crippen LogP contribution is 2.33. The van der Waals surface area contributed by atoms with Crippen LogP contribution < -0.4 is 27.0 Å². The predicted octanol–water partition coefficient (Wildman–Crippen LogP) is 0.683. The first-order valence-electron chi connectivity index (χ1n) is 12.0. The van der Waals surface area contributed by atoms with Crippen molar-refractivity contribution < 1.29 is 14.4 Å². The van der Waals surface area contributed by atoms with Gasteiger partial charge in [0.2, 0.25) is 11.8 Å². The Morgan fingerprint density at radius 2 is 1.89 bits per heavy atom. The molecule has 11 heteroatoms. The topological polar surface area (TPSA) is 132 Å². The number of carbonyl (C=O) groups excluding carboxylic acids is 3. The number of hydrogen-bond donors (Lipinski definition) is 5. The number of thioether (sulfide) groups is 1. The summed E-state index contributed by atoms with van der Waals surface area (Å²) in [5, 5.41) is 10.7. The maximum absolute atomic E-state index is 12.8. The van der Waals surface area contributed by atoms with Crippen LogP contribution in [0.4, 0.5) is 16.2 Å². The van der Waals surface area contributed by atoms with E-state index in [4.69, 9.17) is 12.2 Å². The molecule has 2 saturated heterocycles. The zero-order valence-electron chi connectivity index (χ0n) is 20.1. The lowest BCUT2D eigenvalue weighted by atomic mass is 10.2. The van der Waals surface area contributed by atoms with Gasteiger partial charge in [-0.15, -0.1) is 18.2 Å². The summed E-state index contributed by atoms with van der Waals surface area (Å²) in [5.41, 5.74) is 7.62. The van der Waals surface area contributed by atoms with Gasteiger partial charge in [-0.2, -0.15) is 0 Å². The molecule has 2 aliphatic rings. The maximum Gasteiger partial charge on any atom is 0.319 e. The second-order valence-corrected chi connectivity index (χ2v) is 9.80. The third-order valence-electron chi connectivity index (χ3n) is 6.03. The van der Waals surface area contributed by atoms with Crippen molar-refractivity contribution >= 4 is 41.0 Å². The van der Waals surface area contributed by atoms with Crippen LogP contribution in [-0.4, -0.2) is 90.1 Å². The van der Waals surface area contributed by atoms with E-state index in [-0.39, 0.29) is 29.6 Å². The number of terminal acetylenes is 1. The van der Waals surface area contributed by atoms with Crippen molar-refractivity contribution in [3.8, 4) is 12.3 Å². The van der Waals surface area contributed by atoms with Crippen LogP contribution in [0, 0.1) is 12.3 Å². The van der Waals surface area contributed by atoms with Gasteiger partial charge in [-0.25, -0.2) is 4.79 Å². The SMILES string of the molecule is C#CCNC(=O)[C@@H](N)C1S[C@H](CNc2ccc(NC(=O)NCCN3CCCC3)cc2)C(=O)N1CC. The van der Waals surface area contributed by atoms with Crippen LogP contribution in [0.1, 0.15) is 19.8 Å². The molecule has 2 fully saturated rings. The lowest BCUT2D eigenvalue weighted by Crippen LogP contribution is -2.52. The van der Waals surface area contributed by atoms with E-state index in [1.54, 1.807) is 17.0 Å². The Labute approximate surface area is 211 Å². The van der Waals surface area contributed by atoms with Crippen molar-refractivity contribution in [1.82, 2.24) is 20.4 Å². The summed E-state index contributed by atoms with van der Waals surface area (Å²) in [6.07, 6.45) is 7.65. The molecule has 4 amide bonds. The Balaban J connectivity index is 1.44. The summed E-state index contributed by atoms with van der Waals surface area (Å²) < 4.78 is 0. The summed E-state index contributed by atoms with van der Waals surface area (Å²) in [6, 6.07) is 6.20. The largest absolute Gasteiger partial charge is 0.383 e. The van der Waals surface area contributed by atoms with Gasteiger partial charge in [-0.1, -0.05) is 5.92 Å². The quantitative estimate of drug-likeness (QED) is 0.282. The Hall–Kier alpha value is -2.94. The van der Waals surface area contributed by atoms with Crippen molar-refractivity contribution in [2.45, 2.75) is 36.4 Å². The average molecular weight is 502 g/mol. The van der Waals surface area contributed by atoms with E-state index in [1.165, 1.54) is 24.6 Å². The number of carbonyl (C=O) groups is 3. The highest BCUT2D eigenvalue weighted by atomic mass is 32.2. The molecule has 1 unspecified atom stereocenters. The zero-order chi connectivity index (χ0) is 25.2. The molecule has 3 rings (SSSR count). The van der Waals surface area contributed by atoms with Gasteiger partial charge in [0, 0.05) is 37.6 Å². The number of nitrogens with zero attached hydrogens (tertiary/aromatic N) is 2. The first-order valence-corrected chi connectivity index (χ1v) is 12.9. The average Bonchev–Trinajstić information content (AvgIpc) is 3.49. The Bertz CT molecular complexity index is 915. The van der Waals surface area contributed by atoms with E-state index in [0.717, 1.165) is 25.3 Å². The van der Waals surface area contributed by atoms with Crippen LogP contribution in [-0.2, 0) is 9.59 Å². The molecule has 190 valence electrons. The second-order valence-electron chi connectivity index (χ2n) is 8.48. The molecule has 0 saturated carbocycles. The lowest BCUT2D eigenvalue weighted by Gasteiger charge is -2.26. The summed E-state index contributed by atoms with van der Waals surface area (Å²) in [4.78, 5) is 41.2. The molecule has 3 atom stereocenters. The van der Waals surface area contributed by atoms with Crippen LogP contribution in [0.3, 0.4) is 0 Å². The molecule has 0 aliphatic carbocycles. The minimum absolute atomic E-state index is 0.0564. The third-order valence-corrected chi connectivity index (χ3v) is 7.55. The fourth-order valence-corrected chi connectivity index (χ4v) is 5.60. The van der Waals surface area contributed by atoms with E-state index < -0.39 is 11.4 Å². The first-order chi connectivity index (χ1) is 16.9. The summed E-state index contributed by atoms with van der Waals surface area (Å²) >= 11 is 1.38. The Kier molecular flexibility index (Phi) is 10.1. The van der Waals surface area contributed by atoms with Gasteiger partial charge in [0.25, 0.3) is 0 Å². The Morgan fingerprint density at radius 1 is 1.20 bits per heavy atom. The van der Waals surface area contributed by atoms with Crippen LogP contribution in [0.15, 0.2) is 24.3 Å². The van der Waals surface area contributed by atoms with Crippen molar-refractivity contribution in [3.05, 3.63) is 24.3 Å². The van der Waals surface area contributed by atoms with Gasteiger partial charge in [0.15, 0.2) is 0 Å². The van der Waals surface area contributed by atoms with Gasteiger partial charge in [0.05, 0.1) is 6.54 Å². The van der Waals surface area contributed by atoms with Crippen LogP contribution in [0.2, 0.25) is 0 Å². The van der Waals surface area contributed by atoms with Crippen molar-refractivity contribution in [2.24, 2.45) is 5.73 Å². The first kappa shape index (κ1) is 26.7. The third kappa shape index (κ3) is 7.52. The molecule has 0 bridgehead atoms. The molecular formula is C24H35N7O3S. The molecule has 0 radical (unpaired) electrons. The molecule has 10 nitrogen and oxygen atoms in total. The van der Waals surface area contributed by atoms with Crippen molar-refractivity contribution in [1.29, 1.82) is 0 Å². The smallest absolute Gasteiger partial charge is 0.319 e. The molecule has 0 aromatic heterocycles. The number of likely N-dealkylation sites (tertiary alicyclic amines) is 1. The van der Waals surface area contributed by atoms with Crippen LogP contribution in [0.5, 0.6) is 0 Å². The minimum atomic E-state index is -0.867. The van der Waals surface area contributed by atoms with Crippen LogP contribution in [0.25, 0.3) is 0 Å². The Morgan fingerprint density at radius 3 is 2.54 bits per heavy atom. The summed E-state index contributed by atoms with van der Waals surface area (Å²) in [7, 11) is 0. The summed E-state index contributed by atoms with van der Waals surface area (Å²) in [6.45, 7) is 6.50. The maximum atomic E-state index is 12.8. The molecule has 1 aromatic rings. The highest BCUT2D eigenvalue weighted by molar-refractivity contribution is 8.01. The van der Waals surface area contributed by atoms with Crippen molar-refractivity contribution in [2.75, 3.05) is 56.4 Å². The molecule has 2 heterocycles.